The number of nitriles is 1. The molecule has 1 aliphatic rings. The minimum atomic E-state index is -0.651. The fourth-order valence-electron chi connectivity index (χ4n) is 3.49. The monoisotopic (exact) mass is 383 g/mol. The van der Waals surface area contributed by atoms with Crippen LogP contribution in [0.2, 0.25) is 0 Å². The fourth-order valence-corrected chi connectivity index (χ4v) is 3.49. The van der Waals surface area contributed by atoms with Gasteiger partial charge in [-0.2, -0.15) is 10.4 Å². The largest absolute Gasteiger partial charge is 0.486 e. The SMILES string of the molecule is CC(Oc1ccc2c(c1)c(C#N)nn2C1CCCCO1)c1cc(F)cc(F)c1. The maximum Gasteiger partial charge on any atom is 0.170 e. The molecule has 144 valence electrons. The van der Waals surface area contributed by atoms with E-state index in [-0.39, 0.29) is 6.23 Å². The molecule has 2 unspecified atom stereocenters. The predicted molar refractivity (Wildman–Crippen MR) is 98.7 cm³/mol. The van der Waals surface area contributed by atoms with E-state index in [2.05, 4.69) is 11.2 Å². The number of hydrogen-bond acceptors (Lipinski definition) is 4. The standard InChI is InChI=1S/C21H19F2N3O2/c1-13(14-8-15(22)10-16(23)9-14)28-17-5-6-20-18(11-17)19(12-24)25-26(20)21-4-2-3-7-27-21/h5-6,8-11,13,21H,2-4,7H2,1H3. The number of nitrogens with zero attached hydrogens (tertiary/aromatic N) is 3. The molecule has 0 N–H and O–H groups in total. The van der Waals surface area contributed by atoms with Crippen LogP contribution in [0.25, 0.3) is 10.9 Å². The van der Waals surface area contributed by atoms with Gasteiger partial charge in [0.15, 0.2) is 11.9 Å². The molecule has 1 aliphatic heterocycles. The number of aromatic nitrogens is 2. The highest BCUT2D eigenvalue weighted by atomic mass is 19.1. The Morgan fingerprint density at radius 1 is 1.21 bits per heavy atom. The summed E-state index contributed by atoms with van der Waals surface area (Å²) in [6, 6.07) is 10.7. The Hall–Kier alpha value is -2.98. The smallest absolute Gasteiger partial charge is 0.170 e. The topological polar surface area (TPSA) is 60.1 Å². The molecule has 2 heterocycles. The predicted octanol–water partition coefficient (Wildman–Crippen LogP) is 5.03. The average Bonchev–Trinajstić information content (AvgIpc) is 3.06. The molecule has 0 amide bonds. The normalized spacial score (nSPS) is 18.0. The Morgan fingerprint density at radius 3 is 2.68 bits per heavy atom. The van der Waals surface area contributed by atoms with Crippen molar-refractivity contribution >= 4 is 10.9 Å². The summed E-state index contributed by atoms with van der Waals surface area (Å²) in [6.07, 6.45) is 2.18. The molecule has 1 aromatic heterocycles. The number of benzene rings is 2. The maximum atomic E-state index is 13.5. The van der Waals surface area contributed by atoms with Gasteiger partial charge in [-0.15, -0.1) is 0 Å². The third-order valence-corrected chi connectivity index (χ3v) is 4.88. The van der Waals surface area contributed by atoms with E-state index < -0.39 is 17.7 Å². The van der Waals surface area contributed by atoms with Crippen molar-refractivity contribution in [2.75, 3.05) is 6.61 Å². The van der Waals surface area contributed by atoms with Crippen molar-refractivity contribution in [3.05, 3.63) is 59.3 Å². The first-order valence-electron chi connectivity index (χ1n) is 9.22. The molecule has 0 bridgehead atoms. The number of rotatable bonds is 4. The first-order chi connectivity index (χ1) is 13.5. The molecule has 4 rings (SSSR count). The highest BCUT2D eigenvalue weighted by Crippen LogP contribution is 2.31. The molecule has 0 saturated carbocycles. The summed E-state index contributed by atoms with van der Waals surface area (Å²) in [7, 11) is 0. The Labute approximate surface area is 161 Å². The number of halogens is 2. The molecule has 28 heavy (non-hydrogen) atoms. The van der Waals surface area contributed by atoms with Crippen LogP contribution in [0.3, 0.4) is 0 Å². The molecule has 1 fully saturated rings. The molecule has 2 atom stereocenters. The van der Waals surface area contributed by atoms with Crippen LogP contribution >= 0.6 is 0 Å². The van der Waals surface area contributed by atoms with Crippen LogP contribution in [-0.4, -0.2) is 16.4 Å². The molecule has 0 aliphatic carbocycles. The highest BCUT2D eigenvalue weighted by Gasteiger charge is 2.21. The van der Waals surface area contributed by atoms with E-state index in [1.54, 1.807) is 23.7 Å². The lowest BCUT2D eigenvalue weighted by Gasteiger charge is -2.23. The van der Waals surface area contributed by atoms with E-state index in [9.17, 15) is 14.0 Å². The van der Waals surface area contributed by atoms with E-state index in [0.717, 1.165) is 30.8 Å². The van der Waals surface area contributed by atoms with Gasteiger partial charge in [0.25, 0.3) is 0 Å². The van der Waals surface area contributed by atoms with Crippen LogP contribution in [0.15, 0.2) is 36.4 Å². The van der Waals surface area contributed by atoms with Crippen LogP contribution in [0.5, 0.6) is 5.75 Å². The lowest BCUT2D eigenvalue weighted by Crippen LogP contribution is -2.19. The van der Waals surface area contributed by atoms with Crippen molar-refractivity contribution in [1.82, 2.24) is 9.78 Å². The summed E-state index contributed by atoms with van der Waals surface area (Å²) in [5.74, 6) is -0.812. The molecule has 7 heteroatoms. The summed E-state index contributed by atoms with van der Waals surface area (Å²) in [5.41, 5.74) is 1.48. The van der Waals surface area contributed by atoms with E-state index in [1.165, 1.54) is 12.1 Å². The Kier molecular flexibility index (Phi) is 4.97. The number of hydrogen-bond donors (Lipinski definition) is 0. The van der Waals surface area contributed by atoms with Crippen LogP contribution in [0.1, 0.15) is 49.8 Å². The number of ether oxygens (including phenoxy) is 2. The van der Waals surface area contributed by atoms with E-state index >= 15 is 0 Å². The summed E-state index contributed by atoms with van der Waals surface area (Å²) >= 11 is 0. The van der Waals surface area contributed by atoms with E-state index in [0.29, 0.717) is 29.0 Å². The molecule has 2 aromatic carbocycles. The fraction of sp³-hybridized carbons (Fsp3) is 0.333. The van der Waals surface area contributed by atoms with E-state index in [1.807, 2.05) is 6.07 Å². The average molecular weight is 383 g/mol. The number of fused-ring (bicyclic) bond motifs is 1. The second kappa shape index (κ2) is 7.56. The zero-order valence-corrected chi connectivity index (χ0v) is 15.4. The second-order valence-corrected chi connectivity index (χ2v) is 6.87. The molecule has 0 spiro atoms. The Morgan fingerprint density at radius 2 is 2.00 bits per heavy atom. The van der Waals surface area contributed by atoms with Gasteiger partial charge < -0.3 is 9.47 Å². The lowest BCUT2D eigenvalue weighted by atomic mass is 10.1. The Bertz CT molecular complexity index is 1030. The summed E-state index contributed by atoms with van der Waals surface area (Å²) < 4.78 is 40.3. The van der Waals surface area contributed by atoms with Crippen LogP contribution in [0.4, 0.5) is 8.78 Å². The van der Waals surface area contributed by atoms with Crippen molar-refractivity contribution in [1.29, 1.82) is 5.26 Å². The lowest BCUT2D eigenvalue weighted by molar-refractivity contribution is -0.0367. The van der Waals surface area contributed by atoms with Crippen LogP contribution < -0.4 is 4.74 Å². The van der Waals surface area contributed by atoms with E-state index in [4.69, 9.17) is 9.47 Å². The van der Waals surface area contributed by atoms with Gasteiger partial charge in [0.2, 0.25) is 0 Å². The van der Waals surface area contributed by atoms with Crippen molar-refractivity contribution in [2.24, 2.45) is 0 Å². The molecule has 3 aromatic rings. The summed E-state index contributed by atoms with van der Waals surface area (Å²) in [5, 5.41) is 14.5. The second-order valence-electron chi connectivity index (χ2n) is 6.87. The van der Waals surface area contributed by atoms with Crippen LogP contribution in [0, 0.1) is 23.0 Å². The van der Waals surface area contributed by atoms with Crippen molar-refractivity contribution in [3.63, 3.8) is 0 Å². The zero-order valence-electron chi connectivity index (χ0n) is 15.4. The zero-order chi connectivity index (χ0) is 19.7. The van der Waals surface area contributed by atoms with Gasteiger partial charge in [-0.25, -0.2) is 13.5 Å². The molecular formula is C21H19F2N3O2. The van der Waals surface area contributed by atoms with Gasteiger partial charge in [-0.1, -0.05) is 0 Å². The molecule has 0 radical (unpaired) electrons. The van der Waals surface area contributed by atoms with Gasteiger partial charge in [0.05, 0.1) is 5.52 Å². The van der Waals surface area contributed by atoms with Crippen molar-refractivity contribution in [2.45, 2.75) is 38.5 Å². The molecule has 5 nitrogen and oxygen atoms in total. The van der Waals surface area contributed by atoms with Gasteiger partial charge in [-0.3, -0.25) is 0 Å². The minimum absolute atomic E-state index is 0.181. The van der Waals surface area contributed by atoms with Crippen molar-refractivity contribution < 1.29 is 18.3 Å². The van der Waals surface area contributed by atoms with Gasteiger partial charge in [-0.05, 0) is 62.1 Å². The van der Waals surface area contributed by atoms with Gasteiger partial charge >= 0.3 is 0 Å². The summed E-state index contributed by atoms with van der Waals surface area (Å²) in [4.78, 5) is 0. The molecule has 1 saturated heterocycles. The van der Waals surface area contributed by atoms with Gasteiger partial charge in [0, 0.05) is 18.1 Å². The quantitative estimate of drug-likeness (QED) is 0.634. The third kappa shape index (κ3) is 3.56. The molecular weight excluding hydrogens is 364 g/mol. The minimum Gasteiger partial charge on any atom is -0.486 e. The Balaban J connectivity index is 1.65. The highest BCUT2D eigenvalue weighted by molar-refractivity contribution is 5.85. The van der Waals surface area contributed by atoms with Gasteiger partial charge in [0.1, 0.15) is 29.6 Å². The van der Waals surface area contributed by atoms with Crippen molar-refractivity contribution in [3.8, 4) is 11.8 Å². The third-order valence-electron chi connectivity index (χ3n) is 4.88. The first-order valence-corrected chi connectivity index (χ1v) is 9.22. The van der Waals surface area contributed by atoms with Crippen LogP contribution in [-0.2, 0) is 4.74 Å². The maximum absolute atomic E-state index is 13.5. The summed E-state index contributed by atoms with van der Waals surface area (Å²) in [6.45, 7) is 2.39. The first kappa shape index (κ1) is 18.4.